The number of nitrogens with zero attached hydrogens (tertiary/aromatic N) is 1. The SMILES string of the molecule is CCOc1ccc(NC(=O)/C(C#N)=C/c2ccc(OCc3ccc(Cl)cc3Cl)c(OC)c2)cc1. The van der Waals surface area contributed by atoms with Crippen molar-refractivity contribution in [2.75, 3.05) is 19.0 Å². The molecule has 0 heterocycles. The molecule has 3 aromatic rings. The molecule has 0 radical (unpaired) electrons. The number of anilines is 1. The molecule has 0 bridgehead atoms. The van der Waals surface area contributed by atoms with Crippen LogP contribution in [0.3, 0.4) is 0 Å². The van der Waals surface area contributed by atoms with Crippen molar-refractivity contribution in [1.82, 2.24) is 0 Å². The first-order valence-electron chi connectivity index (χ1n) is 10.3. The second-order valence-electron chi connectivity index (χ2n) is 7.02. The zero-order valence-corrected chi connectivity index (χ0v) is 20.1. The largest absolute Gasteiger partial charge is 0.494 e. The number of hydrogen-bond acceptors (Lipinski definition) is 5. The van der Waals surface area contributed by atoms with Gasteiger partial charge in [-0.1, -0.05) is 35.3 Å². The van der Waals surface area contributed by atoms with E-state index in [4.69, 9.17) is 37.4 Å². The molecular weight excluding hydrogens is 475 g/mol. The van der Waals surface area contributed by atoms with Gasteiger partial charge in [-0.3, -0.25) is 4.79 Å². The Morgan fingerprint density at radius 1 is 1.03 bits per heavy atom. The number of amides is 1. The number of nitriles is 1. The Morgan fingerprint density at radius 2 is 1.79 bits per heavy atom. The highest BCUT2D eigenvalue weighted by atomic mass is 35.5. The van der Waals surface area contributed by atoms with Gasteiger partial charge in [0.05, 0.1) is 13.7 Å². The van der Waals surface area contributed by atoms with E-state index in [1.165, 1.54) is 13.2 Å². The summed E-state index contributed by atoms with van der Waals surface area (Å²) in [5.41, 5.74) is 1.87. The zero-order valence-electron chi connectivity index (χ0n) is 18.6. The van der Waals surface area contributed by atoms with Crippen molar-refractivity contribution < 1.29 is 19.0 Å². The van der Waals surface area contributed by atoms with Gasteiger partial charge in [-0.25, -0.2) is 0 Å². The van der Waals surface area contributed by atoms with Gasteiger partial charge in [0.2, 0.25) is 0 Å². The van der Waals surface area contributed by atoms with Gasteiger partial charge in [0.1, 0.15) is 24.0 Å². The molecular formula is C26H22Cl2N2O4. The molecule has 0 fully saturated rings. The monoisotopic (exact) mass is 496 g/mol. The summed E-state index contributed by atoms with van der Waals surface area (Å²) < 4.78 is 16.7. The van der Waals surface area contributed by atoms with E-state index in [9.17, 15) is 10.1 Å². The molecule has 0 saturated carbocycles. The van der Waals surface area contributed by atoms with Gasteiger partial charge in [0.15, 0.2) is 11.5 Å². The second kappa shape index (κ2) is 12.0. The summed E-state index contributed by atoms with van der Waals surface area (Å²) in [5, 5.41) is 13.3. The molecule has 3 aromatic carbocycles. The van der Waals surface area contributed by atoms with E-state index in [0.29, 0.717) is 45.2 Å². The lowest BCUT2D eigenvalue weighted by atomic mass is 10.1. The maximum Gasteiger partial charge on any atom is 0.266 e. The third-order valence-corrected chi connectivity index (χ3v) is 5.27. The van der Waals surface area contributed by atoms with Crippen LogP contribution in [0.4, 0.5) is 5.69 Å². The predicted octanol–water partition coefficient (Wildman–Crippen LogP) is 6.53. The lowest BCUT2D eigenvalue weighted by Gasteiger charge is -2.12. The van der Waals surface area contributed by atoms with Crippen LogP contribution in [0.1, 0.15) is 18.1 Å². The number of nitrogens with one attached hydrogen (secondary N) is 1. The van der Waals surface area contributed by atoms with E-state index in [1.54, 1.807) is 60.7 Å². The van der Waals surface area contributed by atoms with Crippen LogP contribution >= 0.6 is 23.2 Å². The Balaban J connectivity index is 1.72. The van der Waals surface area contributed by atoms with Crippen LogP contribution in [0.5, 0.6) is 17.2 Å². The van der Waals surface area contributed by atoms with Crippen LogP contribution in [-0.4, -0.2) is 19.6 Å². The molecule has 174 valence electrons. The molecule has 0 unspecified atom stereocenters. The molecule has 8 heteroatoms. The minimum atomic E-state index is -0.525. The van der Waals surface area contributed by atoms with E-state index in [1.807, 2.05) is 13.0 Å². The topological polar surface area (TPSA) is 80.6 Å². The van der Waals surface area contributed by atoms with Crippen molar-refractivity contribution >= 4 is 40.9 Å². The first kappa shape index (κ1) is 25.0. The average molecular weight is 497 g/mol. The number of rotatable bonds is 9. The summed E-state index contributed by atoms with van der Waals surface area (Å²) in [6, 6.07) is 19.1. The average Bonchev–Trinajstić information content (AvgIpc) is 2.83. The third-order valence-electron chi connectivity index (χ3n) is 4.69. The third kappa shape index (κ3) is 6.67. The van der Waals surface area contributed by atoms with E-state index in [2.05, 4.69) is 5.32 Å². The minimum Gasteiger partial charge on any atom is -0.494 e. The highest BCUT2D eigenvalue weighted by Crippen LogP contribution is 2.31. The minimum absolute atomic E-state index is 0.0578. The van der Waals surface area contributed by atoms with Gasteiger partial charge >= 0.3 is 0 Å². The fourth-order valence-corrected chi connectivity index (χ4v) is 3.47. The smallest absolute Gasteiger partial charge is 0.266 e. The lowest BCUT2D eigenvalue weighted by molar-refractivity contribution is -0.112. The maximum absolute atomic E-state index is 12.6. The van der Waals surface area contributed by atoms with Crippen LogP contribution in [0.25, 0.3) is 6.08 Å². The fraction of sp³-hybridized carbons (Fsp3) is 0.154. The summed E-state index contributed by atoms with van der Waals surface area (Å²) in [4.78, 5) is 12.6. The quantitative estimate of drug-likeness (QED) is 0.269. The Bertz CT molecular complexity index is 1230. The summed E-state index contributed by atoms with van der Waals surface area (Å²) in [7, 11) is 1.51. The standard InChI is InChI=1S/C26H22Cl2N2O4/c1-3-33-22-9-7-21(8-10-22)30-26(31)19(15-29)12-17-4-11-24(25(13-17)32-2)34-16-18-5-6-20(27)14-23(18)28/h4-14H,3,16H2,1-2H3,(H,30,31)/b19-12+. The van der Waals surface area contributed by atoms with Crippen molar-refractivity contribution in [2.24, 2.45) is 0 Å². The van der Waals surface area contributed by atoms with Crippen LogP contribution in [0.15, 0.2) is 66.2 Å². The molecule has 3 rings (SSSR count). The van der Waals surface area contributed by atoms with Gasteiger partial charge in [0.25, 0.3) is 5.91 Å². The fourth-order valence-electron chi connectivity index (χ4n) is 3.00. The lowest BCUT2D eigenvalue weighted by Crippen LogP contribution is -2.13. The molecule has 1 amide bonds. The number of ether oxygens (including phenoxy) is 3. The van der Waals surface area contributed by atoms with Crippen LogP contribution in [-0.2, 0) is 11.4 Å². The highest BCUT2D eigenvalue weighted by molar-refractivity contribution is 6.35. The van der Waals surface area contributed by atoms with Crippen molar-refractivity contribution in [3.63, 3.8) is 0 Å². The van der Waals surface area contributed by atoms with Crippen LogP contribution in [0.2, 0.25) is 10.0 Å². The first-order chi connectivity index (χ1) is 16.4. The summed E-state index contributed by atoms with van der Waals surface area (Å²) in [5.74, 6) is 1.11. The number of benzene rings is 3. The molecule has 0 aliphatic rings. The van der Waals surface area contributed by atoms with Crippen LogP contribution < -0.4 is 19.5 Å². The van der Waals surface area contributed by atoms with Gasteiger partial charge in [0, 0.05) is 21.3 Å². The Hall–Kier alpha value is -3.66. The Labute approximate surface area is 208 Å². The van der Waals surface area contributed by atoms with Gasteiger partial charge in [-0.15, -0.1) is 0 Å². The predicted molar refractivity (Wildman–Crippen MR) is 134 cm³/mol. The van der Waals surface area contributed by atoms with Gasteiger partial charge in [-0.05, 0) is 67.1 Å². The van der Waals surface area contributed by atoms with E-state index in [0.717, 1.165) is 5.56 Å². The Morgan fingerprint density at radius 3 is 2.44 bits per heavy atom. The van der Waals surface area contributed by atoms with Crippen molar-refractivity contribution in [1.29, 1.82) is 5.26 Å². The normalized spacial score (nSPS) is 10.9. The van der Waals surface area contributed by atoms with Crippen molar-refractivity contribution in [3.05, 3.63) is 87.4 Å². The summed E-state index contributed by atoms with van der Waals surface area (Å²) in [6.07, 6.45) is 1.48. The molecule has 0 saturated heterocycles. The van der Waals surface area contributed by atoms with E-state index in [-0.39, 0.29) is 12.2 Å². The van der Waals surface area contributed by atoms with Crippen LogP contribution in [0, 0.1) is 11.3 Å². The molecule has 0 aliphatic carbocycles. The molecule has 0 atom stereocenters. The highest BCUT2D eigenvalue weighted by Gasteiger charge is 2.12. The van der Waals surface area contributed by atoms with E-state index < -0.39 is 5.91 Å². The molecule has 0 aliphatic heterocycles. The number of methoxy groups -OCH3 is 1. The van der Waals surface area contributed by atoms with Crippen molar-refractivity contribution in [2.45, 2.75) is 13.5 Å². The number of halogens is 2. The molecule has 34 heavy (non-hydrogen) atoms. The maximum atomic E-state index is 12.6. The van der Waals surface area contributed by atoms with Gasteiger partial charge in [-0.2, -0.15) is 5.26 Å². The van der Waals surface area contributed by atoms with Gasteiger partial charge < -0.3 is 19.5 Å². The number of carbonyl (C=O) groups excluding carboxylic acids is 1. The summed E-state index contributed by atoms with van der Waals surface area (Å²) in [6.45, 7) is 2.66. The molecule has 0 aromatic heterocycles. The number of carbonyl (C=O) groups is 1. The zero-order chi connectivity index (χ0) is 24.5. The first-order valence-corrected chi connectivity index (χ1v) is 11.1. The number of hydrogen-bond donors (Lipinski definition) is 1. The molecule has 6 nitrogen and oxygen atoms in total. The summed E-state index contributed by atoms with van der Waals surface area (Å²) >= 11 is 12.1. The van der Waals surface area contributed by atoms with Crippen molar-refractivity contribution in [3.8, 4) is 23.3 Å². The van der Waals surface area contributed by atoms with E-state index >= 15 is 0 Å². The molecule has 0 spiro atoms. The molecule has 1 N–H and O–H groups in total. The Kier molecular flexibility index (Phi) is 8.80. The second-order valence-corrected chi connectivity index (χ2v) is 7.86.